The van der Waals surface area contributed by atoms with Crippen molar-refractivity contribution < 1.29 is 9.59 Å². The van der Waals surface area contributed by atoms with Crippen molar-refractivity contribution in [3.63, 3.8) is 0 Å². The Bertz CT molecular complexity index is 977. The van der Waals surface area contributed by atoms with Crippen molar-refractivity contribution in [2.75, 3.05) is 0 Å². The van der Waals surface area contributed by atoms with Crippen LogP contribution in [-0.4, -0.2) is 11.6 Å². The summed E-state index contributed by atoms with van der Waals surface area (Å²) in [5.74, 6) is 2.62. The van der Waals surface area contributed by atoms with E-state index in [4.69, 9.17) is 5.26 Å². The Hall–Kier alpha value is -2.47. The van der Waals surface area contributed by atoms with E-state index in [1.54, 1.807) is 0 Å². The first kappa shape index (κ1) is 18.6. The van der Waals surface area contributed by atoms with Gasteiger partial charge in [0.05, 0.1) is 11.6 Å². The monoisotopic (exact) mass is 385 g/mol. The third kappa shape index (κ3) is 2.92. The number of allylic oxidation sites excluding steroid dienone is 4. The average molecular weight is 386 g/mol. The Morgan fingerprint density at radius 1 is 1.03 bits per heavy atom. The van der Waals surface area contributed by atoms with Crippen molar-refractivity contribution >= 4 is 11.6 Å². The topological polar surface area (TPSA) is 57.9 Å². The smallest absolute Gasteiger partial charge is 0.178 e. The number of benzene rings is 1. The highest BCUT2D eigenvalue weighted by atomic mass is 16.1. The van der Waals surface area contributed by atoms with Gasteiger partial charge in [-0.15, -0.1) is 0 Å². The zero-order valence-electron chi connectivity index (χ0n) is 17.0. The Labute approximate surface area is 172 Å². The molecule has 3 saturated carbocycles. The minimum absolute atomic E-state index is 0.107. The van der Waals surface area contributed by atoms with Crippen LogP contribution >= 0.6 is 0 Å². The van der Waals surface area contributed by atoms with Gasteiger partial charge in [-0.25, -0.2) is 0 Å². The molecule has 0 spiro atoms. The molecule has 0 aromatic heterocycles. The van der Waals surface area contributed by atoms with Crippen molar-refractivity contribution in [1.82, 2.24) is 0 Å². The molecule has 4 aliphatic rings. The third-order valence-electron chi connectivity index (χ3n) is 8.34. The maximum absolute atomic E-state index is 12.6. The highest BCUT2D eigenvalue weighted by molar-refractivity contribution is 6.01. The molecule has 0 amide bonds. The maximum Gasteiger partial charge on any atom is 0.178 e. The van der Waals surface area contributed by atoms with Crippen LogP contribution in [-0.2, 0) is 16.0 Å². The van der Waals surface area contributed by atoms with Crippen LogP contribution in [0.25, 0.3) is 0 Å². The SMILES string of the molecule is CC12CCC3C4C(=CC(=O)C=C4Cc4ccc(C#N)cc4)CCC3C1CCC2=O. The van der Waals surface area contributed by atoms with Gasteiger partial charge in [0.25, 0.3) is 0 Å². The lowest BCUT2D eigenvalue weighted by molar-refractivity contribution is -0.130. The van der Waals surface area contributed by atoms with Gasteiger partial charge in [0.15, 0.2) is 5.78 Å². The molecule has 0 N–H and O–H groups in total. The van der Waals surface area contributed by atoms with Gasteiger partial charge >= 0.3 is 0 Å². The van der Waals surface area contributed by atoms with Crippen LogP contribution in [0.1, 0.15) is 56.6 Å². The molecule has 3 nitrogen and oxygen atoms in total. The van der Waals surface area contributed by atoms with Crippen molar-refractivity contribution in [2.24, 2.45) is 29.1 Å². The molecule has 5 unspecified atom stereocenters. The van der Waals surface area contributed by atoms with Crippen LogP contribution in [0.15, 0.2) is 47.6 Å². The van der Waals surface area contributed by atoms with Gasteiger partial charge in [0, 0.05) is 17.8 Å². The van der Waals surface area contributed by atoms with Gasteiger partial charge in [-0.05, 0) is 86.1 Å². The molecule has 148 valence electrons. The van der Waals surface area contributed by atoms with E-state index < -0.39 is 0 Å². The second-order valence-electron chi connectivity index (χ2n) is 9.69. The van der Waals surface area contributed by atoms with Gasteiger partial charge < -0.3 is 0 Å². The molecule has 3 heteroatoms. The zero-order chi connectivity index (χ0) is 20.2. The number of ketones is 2. The van der Waals surface area contributed by atoms with E-state index in [0.29, 0.717) is 35.0 Å². The average Bonchev–Trinajstić information content (AvgIpc) is 3.03. The van der Waals surface area contributed by atoms with Gasteiger partial charge in [0.1, 0.15) is 5.78 Å². The normalized spacial score (nSPS) is 35.7. The fourth-order valence-electron chi connectivity index (χ4n) is 6.95. The first-order valence-corrected chi connectivity index (χ1v) is 11.0. The maximum atomic E-state index is 12.6. The van der Waals surface area contributed by atoms with Crippen molar-refractivity contribution in [2.45, 2.75) is 51.9 Å². The number of fused-ring (bicyclic) bond motifs is 5. The van der Waals surface area contributed by atoms with Crippen molar-refractivity contribution in [1.29, 1.82) is 5.26 Å². The Balaban J connectivity index is 1.45. The van der Waals surface area contributed by atoms with Crippen LogP contribution in [0.3, 0.4) is 0 Å². The van der Waals surface area contributed by atoms with Crippen LogP contribution in [0.5, 0.6) is 0 Å². The van der Waals surface area contributed by atoms with E-state index in [9.17, 15) is 9.59 Å². The lowest BCUT2D eigenvalue weighted by atomic mass is 9.52. The second-order valence-corrected chi connectivity index (χ2v) is 9.69. The zero-order valence-corrected chi connectivity index (χ0v) is 17.0. The molecular weight excluding hydrogens is 358 g/mol. The molecule has 0 saturated heterocycles. The fourth-order valence-corrected chi connectivity index (χ4v) is 6.95. The highest BCUT2D eigenvalue weighted by Gasteiger charge is 2.56. The van der Waals surface area contributed by atoms with E-state index in [-0.39, 0.29) is 11.2 Å². The number of carbonyl (C=O) groups excluding carboxylic acids is 2. The number of Topliss-reactive ketones (excluding diaryl/α,β-unsaturated/α-hetero) is 1. The summed E-state index contributed by atoms with van der Waals surface area (Å²) in [5.41, 5.74) is 4.26. The minimum Gasteiger partial charge on any atom is -0.299 e. The second kappa shape index (κ2) is 6.80. The molecule has 0 aliphatic heterocycles. The number of nitriles is 1. The Morgan fingerprint density at radius 2 is 1.83 bits per heavy atom. The molecule has 29 heavy (non-hydrogen) atoms. The highest BCUT2D eigenvalue weighted by Crippen LogP contribution is 2.61. The molecule has 5 atom stereocenters. The summed E-state index contributed by atoms with van der Waals surface area (Å²) in [4.78, 5) is 25.0. The summed E-state index contributed by atoms with van der Waals surface area (Å²) >= 11 is 0. The molecule has 0 heterocycles. The van der Waals surface area contributed by atoms with Crippen molar-refractivity contribution in [3.05, 3.63) is 58.7 Å². The predicted molar refractivity (Wildman–Crippen MR) is 111 cm³/mol. The van der Waals surface area contributed by atoms with Gasteiger partial charge in [-0.1, -0.05) is 30.2 Å². The summed E-state index contributed by atoms with van der Waals surface area (Å²) in [6.45, 7) is 2.21. The van der Waals surface area contributed by atoms with Crippen molar-refractivity contribution in [3.8, 4) is 6.07 Å². The standard InChI is InChI=1S/C26H27NO2/c1-26-11-10-22-21(23(26)8-9-24(26)29)7-6-18-13-20(28)14-19(25(18)22)12-16-2-4-17(15-27)5-3-16/h2-5,13-14,21-23,25H,6-12H2,1H3. The van der Waals surface area contributed by atoms with E-state index in [1.807, 2.05) is 36.4 Å². The molecule has 1 aromatic rings. The summed E-state index contributed by atoms with van der Waals surface area (Å²) in [6.07, 6.45) is 10.5. The number of rotatable bonds is 2. The number of hydrogen-bond acceptors (Lipinski definition) is 3. The lowest BCUT2D eigenvalue weighted by Crippen LogP contribution is -2.47. The van der Waals surface area contributed by atoms with Gasteiger partial charge in [-0.3, -0.25) is 9.59 Å². The summed E-state index contributed by atoms with van der Waals surface area (Å²) in [5, 5.41) is 9.05. The lowest BCUT2D eigenvalue weighted by Gasteiger charge is -2.52. The summed E-state index contributed by atoms with van der Waals surface area (Å²) < 4.78 is 0. The molecule has 3 fully saturated rings. The van der Waals surface area contributed by atoms with Crippen LogP contribution in [0.4, 0.5) is 0 Å². The number of nitrogens with zero attached hydrogens (tertiary/aromatic N) is 1. The van der Waals surface area contributed by atoms with E-state index >= 15 is 0 Å². The molecule has 0 radical (unpaired) electrons. The van der Waals surface area contributed by atoms with Gasteiger partial charge in [-0.2, -0.15) is 5.26 Å². The summed E-state index contributed by atoms with van der Waals surface area (Å²) in [7, 11) is 0. The van der Waals surface area contributed by atoms with E-state index in [0.717, 1.165) is 50.5 Å². The van der Waals surface area contributed by atoms with Crippen LogP contribution in [0, 0.1) is 40.4 Å². The minimum atomic E-state index is -0.107. The molecule has 5 rings (SSSR count). The molecule has 1 aromatic carbocycles. The quantitative estimate of drug-likeness (QED) is 0.723. The van der Waals surface area contributed by atoms with E-state index in [1.165, 1.54) is 11.1 Å². The number of carbonyl (C=O) groups is 2. The molecular formula is C26H27NO2. The van der Waals surface area contributed by atoms with Crippen LogP contribution in [0.2, 0.25) is 0 Å². The molecule has 0 bridgehead atoms. The molecule has 4 aliphatic carbocycles. The summed E-state index contributed by atoms with van der Waals surface area (Å²) in [6, 6.07) is 9.91. The number of hydrogen-bond donors (Lipinski definition) is 0. The first-order chi connectivity index (χ1) is 14.0. The Morgan fingerprint density at radius 3 is 2.59 bits per heavy atom. The van der Waals surface area contributed by atoms with Gasteiger partial charge in [0.2, 0.25) is 0 Å². The van der Waals surface area contributed by atoms with Crippen LogP contribution < -0.4 is 0 Å². The van der Waals surface area contributed by atoms with E-state index in [2.05, 4.69) is 13.0 Å². The first-order valence-electron chi connectivity index (χ1n) is 11.0. The largest absolute Gasteiger partial charge is 0.299 e. The predicted octanol–water partition coefficient (Wildman–Crippen LogP) is 4.96. The Kier molecular flexibility index (Phi) is 4.35. The third-order valence-corrected chi connectivity index (χ3v) is 8.34. The fraction of sp³-hybridized carbons (Fsp3) is 0.500.